The topological polar surface area (TPSA) is 49.2 Å². The highest BCUT2D eigenvalue weighted by molar-refractivity contribution is 7.26. The Kier molecular flexibility index (Phi) is 6.69. The van der Waals surface area contributed by atoms with E-state index in [1.807, 2.05) is 28.7 Å². The average Bonchev–Trinajstić information content (AvgIpc) is 3.89. The fraction of sp³-hybridized carbons (Fsp3) is 0.0667. The largest absolute Gasteiger partial charge is 0.455 e. The molecule has 3 N–H and O–H groups in total. The molecule has 1 aliphatic heterocycles. The van der Waals surface area contributed by atoms with E-state index < -0.39 is 0 Å². The molecule has 1 aliphatic rings. The lowest BCUT2D eigenvalue weighted by Gasteiger charge is -2.40. The normalized spacial score (nSPS) is 18.2. The molecule has 6 heteroatoms. The van der Waals surface area contributed by atoms with Crippen LogP contribution in [0.2, 0.25) is 0 Å². The molecule has 0 spiro atoms. The standard InChI is InChI=1S/C45H31N3OS2/c1-2-11-26(12-3-1)43-46-44(48-45(47-43)35-19-10-22-38-40(35)34-14-5-7-21-37(34)50-38)27-23-24-29-32-17-9-18-33(42(32)51-39(29)25-27)31-16-8-15-30-28-13-4-6-20-36(28)49-41(30)31/h1-25,43-48H. The van der Waals surface area contributed by atoms with Gasteiger partial charge in [0.15, 0.2) is 0 Å². The van der Waals surface area contributed by atoms with E-state index in [0.29, 0.717) is 0 Å². The van der Waals surface area contributed by atoms with E-state index in [9.17, 15) is 0 Å². The molecule has 4 heterocycles. The minimum Gasteiger partial charge on any atom is -0.455 e. The van der Waals surface area contributed by atoms with Crippen molar-refractivity contribution in [3.05, 3.63) is 168 Å². The third-order valence-electron chi connectivity index (χ3n) is 10.4. The van der Waals surface area contributed by atoms with Crippen LogP contribution < -0.4 is 16.0 Å². The summed E-state index contributed by atoms with van der Waals surface area (Å²) >= 11 is 3.73. The Morgan fingerprint density at radius 2 is 1.12 bits per heavy atom. The van der Waals surface area contributed by atoms with Crippen molar-refractivity contribution in [2.75, 3.05) is 0 Å². The zero-order valence-corrected chi connectivity index (χ0v) is 29.0. The van der Waals surface area contributed by atoms with Gasteiger partial charge in [-0.3, -0.25) is 16.0 Å². The van der Waals surface area contributed by atoms with Crippen molar-refractivity contribution >= 4 is 85.0 Å². The highest BCUT2D eigenvalue weighted by Gasteiger charge is 2.31. The molecule has 0 amide bonds. The molecule has 0 saturated carbocycles. The van der Waals surface area contributed by atoms with Crippen LogP contribution in [0.5, 0.6) is 0 Å². The third-order valence-corrected chi connectivity index (χ3v) is 12.8. The molecule has 3 aromatic heterocycles. The number of nitrogens with one attached hydrogen (secondary N) is 3. The van der Waals surface area contributed by atoms with Gasteiger partial charge in [0.05, 0.1) is 18.5 Å². The van der Waals surface area contributed by atoms with Crippen LogP contribution in [0.4, 0.5) is 0 Å². The number of rotatable bonds is 4. The summed E-state index contributed by atoms with van der Waals surface area (Å²) in [4.78, 5) is 0. The van der Waals surface area contributed by atoms with E-state index in [-0.39, 0.29) is 18.5 Å². The van der Waals surface area contributed by atoms with E-state index in [4.69, 9.17) is 4.42 Å². The summed E-state index contributed by atoms with van der Waals surface area (Å²) in [5, 5.41) is 19.3. The Balaban J connectivity index is 1.03. The van der Waals surface area contributed by atoms with Crippen molar-refractivity contribution in [1.29, 1.82) is 0 Å². The first-order chi connectivity index (χ1) is 25.3. The smallest absolute Gasteiger partial charge is 0.143 e. The zero-order chi connectivity index (χ0) is 33.5. The number of para-hydroxylation sites is 2. The summed E-state index contributed by atoms with van der Waals surface area (Å²) in [5.74, 6) is 0. The lowest BCUT2D eigenvalue weighted by atomic mass is 9.99. The van der Waals surface area contributed by atoms with Gasteiger partial charge in [0.25, 0.3) is 0 Å². The molecule has 1 fully saturated rings. The van der Waals surface area contributed by atoms with E-state index >= 15 is 0 Å². The summed E-state index contributed by atoms with van der Waals surface area (Å²) in [5.41, 5.74) is 7.90. The summed E-state index contributed by atoms with van der Waals surface area (Å²) in [6.07, 6.45) is -0.200. The third kappa shape index (κ3) is 4.69. The van der Waals surface area contributed by atoms with Gasteiger partial charge >= 0.3 is 0 Å². The summed E-state index contributed by atoms with van der Waals surface area (Å²) in [6.45, 7) is 0. The number of hydrogen-bond donors (Lipinski definition) is 3. The fourth-order valence-corrected chi connectivity index (χ4v) is 10.5. The second kappa shape index (κ2) is 11.6. The van der Waals surface area contributed by atoms with Crippen LogP contribution in [-0.4, -0.2) is 0 Å². The van der Waals surface area contributed by atoms with Gasteiger partial charge in [-0.2, -0.15) is 0 Å². The van der Waals surface area contributed by atoms with Gasteiger partial charge in [-0.25, -0.2) is 0 Å². The molecule has 11 rings (SSSR count). The molecular weight excluding hydrogens is 663 g/mol. The van der Waals surface area contributed by atoms with Gasteiger partial charge in [-0.15, -0.1) is 22.7 Å². The number of fused-ring (bicyclic) bond motifs is 9. The van der Waals surface area contributed by atoms with Gasteiger partial charge in [-0.05, 0) is 41.0 Å². The van der Waals surface area contributed by atoms with Crippen LogP contribution in [0.15, 0.2) is 156 Å². The van der Waals surface area contributed by atoms with Crippen LogP contribution in [0.25, 0.3) is 73.4 Å². The highest BCUT2D eigenvalue weighted by atomic mass is 32.1. The minimum atomic E-state index is -0.0833. The molecule has 0 aliphatic carbocycles. The van der Waals surface area contributed by atoms with Crippen molar-refractivity contribution in [2.24, 2.45) is 0 Å². The first kappa shape index (κ1) is 29.4. The van der Waals surface area contributed by atoms with Crippen LogP contribution >= 0.6 is 22.7 Å². The SMILES string of the molecule is c1ccc(C2NC(c3ccc4c(c3)sc3c(-c5cccc6c5oc5ccccc56)cccc34)NC(c3cccc4sc5ccccc5c34)N2)cc1. The van der Waals surface area contributed by atoms with Crippen LogP contribution in [0.3, 0.4) is 0 Å². The van der Waals surface area contributed by atoms with Crippen molar-refractivity contribution < 1.29 is 4.42 Å². The lowest BCUT2D eigenvalue weighted by Crippen LogP contribution is -2.54. The van der Waals surface area contributed by atoms with E-state index in [1.54, 1.807) is 0 Å². The predicted octanol–water partition coefficient (Wildman–Crippen LogP) is 12.2. The van der Waals surface area contributed by atoms with Crippen LogP contribution in [0, 0.1) is 0 Å². The molecule has 1 saturated heterocycles. The first-order valence-electron chi connectivity index (χ1n) is 17.4. The second-order valence-electron chi connectivity index (χ2n) is 13.3. The zero-order valence-electron chi connectivity index (χ0n) is 27.4. The van der Waals surface area contributed by atoms with Gasteiger partial charge in [0.1, 0.15) is 11.2 Å². The lowest BCUT2D eigenvalue weighted by molar-refractivity contribution is 0.204. The predicted molar refractivity (Wildman–Crippen MR) is 215 cm³/mol. The number of benzene rings is 7. The summed E-state index contributed by atoms with van der Waals surface area (Å²) in [7, 11) is 0. The second-order valence-corrected chi connectivity index (χ2v) is 15.5. The maximum atomic E-state index is 6.48. The van der Waals surface area contributed by atoms with Crippen molar-refractivity contribution in [3.8, 4) is 11.1 Å². The molecule has 3 atom stereocenters. The molecular formula is C45H31N3OS2. The van der Waals surface area contributed by atoms with Gasteiger partial charge < -0.3 is 4.42 Å². The number of thiophene rings is 2. The van der Waals surface area contributed by atoms with Crippen molar-refractivity contribution in [2.45, 2.75) is 18.5 Å². The van der Waals surface area contributed by atoms with E-state index in [2.05, 4.69) is 162 Å². The molecule has 10 aromatic rings. The molecule has 51 heavy (non-hydrogen) atoms. The summed E-state index contributed by atoms with van der Waals surface area (Å²) < 4.78 is 11.7. The average molecular weight is 694 g/mol. The Morgan fingerprint density at radius 3 is 2.02 bits per heavy atom. The maximum absolute atomic E-state index is 6.48. The molecule has 7 aromatic carbocycles. The van der Waals surface area contributed by atoms with Gasteiger partial charge in [0, 0.05) is 62.2 Å². The first-order valence-corrected chi connectivity index (χ1v) is 19.0. The Hall–Kier alpha value is -5.34. The maximum Gasteiger partial charge on any atom is 0.143 e. The van der Waals surface area contributed by atoms with Crippen LogP contribution in [-0.2, 0) is 0 Å². The van der Waals surface area contributed by atoms with Crippen molar-refractivity contribution in [1.82, 2.24) is 16.0 Å². The van der Waals surface area contributed by atoms with E-state index in [0.717, 1.165) is 27.5 Å². The molecule has 244 valence electrons. The summed E-state index contributed by atoms with van der Waals surface area (Å²) in [6, 6.07) is 54.6. The molecule has 4 nitrogen and oxygen atoms in total. The molecule has 0 radical (unpaired) electrons. The Bertz CT molecular complexity index is 2940. The van der Waals surface area contributed by atoms with Gasteiger partial charge in [0.2, 0.25) is 0 Å². The Labute approximate surface area is 302 Å². The highest BCUT2D eigenvalue weighted by Crippen LogP contribution is 2.44. The van der Waals surface area contributed by atoms with E-state index in [1.165, 1.54) is 62.6 Å². The Morgan fingerprint density at radius 1 is 0.431 bits per heavy atom. The number of furan rings is 1. The fourth-order valence-electron chi connectivity index (χ4n) is 8.06. The molecule has 0 bridgehead atoms. The monoisotopic (exact) mass is 693 g/mol. The minimum absolute atomic E-state index is 0.0448. The van der Waals surface area contributed by atoms with Gasteiger partial charge in [-0.1, -0.05) is 127 Å². The molecule has 3 unspecified atom stereocenters. The number of hydrogen-bond acceptors (Lipinski definition) is 6. The van der Waals surface area contributed by atoms with Crippen molar-refractivity contribution in [3.63, 3.8) is 0 Å². The van der Waals surface area contributed by atoms with Crippen LogP contribution in [0.1, 0.15) is 35.2 Å². The quantitative estimate of drug-likeness (QED) is 0.172.